The zero-order valence-electron chi connectivity index (χ0n) is 38.6. The van der Waals surface area contributed by atoms with Gasteiger partial charge in [0.2, 0.25) is 0 Å². The molecule has 0 unspecified atom stereocenters. The largest absolute Gasteiger partial charge is 0.310 e. The second-order valence-electron chi connectivity index (χ2n) is 18.9. The first kappa shape index (κ1) is 40.5. The third kappa shape index (κ3) is 6.87. The van der Waals surface area contributed by atoms with Crippen molar-refractivity contribution in [3.05, 3.63) is 266 Å². The standard InChI is InChI=1S/C67H48N2/c1-67(2)64-44-58(69(54-21-7-4-8-22-54)56-35-31-48(32-36-56)52-28-26-46-16-10-12-18-50(46)42-52)38-40-62(64)65-60-24-14-13-23-59(60)63-43-57(37-39-61(63)66(65)67)68(53-19-5-3-6-20-53)55-33-29-47(30-34-55)51-27-25-45-15-9-11-17-49(45)41-51/h3-44H,1-2H3. The summed E-state index contributed by atoms with van der Waals surface area (Å²) in [6.45, 7) is 4.84. The number of rotatable bonds is 8. The zero-order chi connectivity index (χ0) is 46.1. The van der Waals surface area contributed by atoms with Crippen molar-refractivity contribution in [2.45, 2.75) is 19.3 Å². The Morgan fingerprint density at radius 1 is 0.275 bits per heavy atom. The van der Waals surface area contributed by atoms with Crippen LogP contribution in [-0.2, 0) is 5.41 Å². The van der Waals surface area contributed by atoms with Crippen molar-refractivity contribution in [2.24, 2.45) is 0 Å². The third-order valence-corrected chi connectivity index (χ3v) is 14.5. The molecule has 0 bridgehead atoms. The van der Waals surface area contributed by atoms with Gasteiger partial charge in [0.05, 0.1) is 0 Å². The average molecular weight is 881 g/mol. The molecule has 0 saturated heterocycles. The summed E-state index contributed by atoms with van der Waals surface area (Å²) in [6, 6.07) is 93.5. The first-order chi connectivity index (χ1) is 34.0. The van der Waals surface area contributed by atoms with Gasteiger partial charge >= 0.3 is 0 Å². The smallest absolute Gasteiger partial charge is 0.0468 e. The fourth-order valence-corrected chi connectivity index (χ4v) is 11.2. The van der Waals surface area contributed by atoms with E-state index in [0.717, 1.165) is 34.1 Å². The number of hydrogen-bond acceptors (Lipinski definition) is 2. The molecule has 1 aliphatic carbocycles. The SMILES string of the molecule is CC1(C)c2cc(N(c3ccccc3)c3ccc(-c4ccc5ccccc5c4)cc3)ccc2-c2c1c1ccc(N(c3ccccc3)c3ccc(-c4ccc5ccccc5c4)cc3)cc1c1ccccc21. The Hall–Kier alpha value is -8.72. The summed E-state index contributed by atoms with van der Waals surface area (Å²) < 4.78 is 0. The molecule has 0 N–H and O–H groups in total. The first-order valence-electron chi connectivity index (χ1n) is 24.0. The minimum Gasteiger partial charge on any atom is -0.310 e. The second kappa shape index (κ2) is 16.3. The van der Waals surface area contributed by atoms with Gasteiger partial charge in [-0.2, -0.15) is 0 Å². The van der Waals surface area contributed by atoms with Crippen molar-refractivity contribution >= 4 is 77.2 Å². The molecule has 0 fully saturated rings. The van der Waals surface area contributed by atoms with E-state index in [1.165, 1.54) is 87.6 Å². The van der Waals surface area contributed by atoms with Gasteiger partial charge in [-0.25, -0.2) is 0 Å². The summed E-state index contributed by atoms with van der Waals surface area (Å²) in [5.41, 5.74) is 16.6. The van der Waals surface area contributed by atoms with Gasteiger partial charge in [-0.1, -0.05) is 184 Å². The lowest BCUT2D eigenvalue weighted by atomic mass is 9.79. The highest BCUT2D eigenvalue weighted by Crippen LogP contribution is 2.56. The van der Waals surface area contributed by atoms with Crippen LogP contribution in [0.3, 0.4) is 0 Å². The van der Waals surface area contributed by atoms with Gasteiger partial charge in [-0.05, 0) is 173 Å². The van der Waals surface area contributed by atoms with Crippen LogP contribution in [0, 0.1) is 0 Å². The second-order valence-corrected chi connectivity index (χ2v) is 18.9. The highest BCUT2D eigenvalue weighted by atomic mass is 15.1. The predicted octanol–water partition coefficient (Wildman–Crippen LogP) is 18.9. The molecule has 13 rings (SSSR count). The van der Waals surface area contributed by atoms with Crippen LogP contribution in [0.25, 0.3) is 76.5 Å². The molecule has 12 aromatic rings. The van der Waals surface area contributed by atoms with Crippen molar-refractivity contribution in [1.29, 1.82) is 0 Å². The Balaban J connectivity index is 0.908. The summed E-state index contributed by atoms with van der Waals surface area (Å²) in [6.07, 6.45) is 0. The van der Waals surface area contributed by atoms with Crippen molar-refractivity contribution in [2.75, 3.05) is 9.80 Å². The van der Waals surface area contributed by atoms with Crippen LogP contribution in [0.4, 0.5) is 34.1 Å². The Morgan fingerprint density at radius 3 is 1.25 bits per heavy atom. The fourth-order valence-electron chi connectivity index (χ4n) is 11.2. The average Bonchev–Trinajstić information content (AvgIpc) is 3.65. The minimum absolute atomic E-state index is 0.287. The summed E-state index contributed by atoms with van der Waals surface area (Å²) >= 11 is 0. The van der Waals surface area contributed by atoms with E-state index in [1.54, 1.807) is 0 Å². The molecule has 1 aliphatic rings. The van der Waals surface area contributed by atoms with Crippen LogP contribution in [-0.4, -0.2) is 0 Å². The highest BCUT2D eigenvalue weighted by molar-refractivity contribution is 6.19. The van der Waals surface area contributed by atoms with Crippen molar-refractivity contribution in [3.8, 4) is 33.4 Å². The van der Waals surface area contributed by atoms with Gasteiger partial charge in [0, 0.05) is 39.5 Å². The van der Waals surface area contributed by atoms with Crippen molar-refractivity contribution in [1.82, 2.24) is 0 Å². The Kier molecular flexibility index (Phi) is 9.55. The third-order valence-electron chi connectivity index (χ3n) is 14.5. The molecular weight excluding hydrogens is 833 g/mol. The molecule has 12 aromatic carbocycles. The normalized spacial score (nSPS) is 12.6. The molecule has 0 spiro atoms. The maximum absolute atomic E-state index is 2.45. The first-order valence-corrected chi connectivity index (χ1v) is 24.0. The molecule has 0 amide bonds. The van der Waals surface area contributed by atoms with Gasteiger partial charge in [-0.3, -0.25) is 0 Å². The Labute approximate surface area is 403 Å². The summed E-state index contributed by atoms with van der Waals surface area (Å²) in [7, 11) is 0. The van der Waals surface area contributed by atoms with Crippen LogP contribution in [0.2, 0.25) is 0 Å². The summed E-state index contributed by atoms with van der Waals surface area (Å²) in [5.74, 6) is 0. The monoisotopic (exact) mass is 880 g/mol. The van der Waals surface area contributed by atoms with Gasteiger partial charge in [0.1, 0.15) is 0 Å². The van der Waals surface area contributed by atoms with E-state index in [4.69, 9.17) is 0 Å². The molecule has 0 aliphatic heterocycles. The number of nitrogens with zero attached hydrogens (tertiary/aromatic N) is 2. The zero-order valence-corrected chi connectivity index (χ0v) is 38.6. The van der Waals surface area contributed by atoms with E-state index < -0.39 is 0 Å². The quantitative estimate of drug-likeness (QED) is 0.140. The fraction of sp³-hybridized carbons (Fsp3) is 0.0448. The van der Waals surface area contributed by atoms with E-state index in [0.29, 0.717) is 0 Å². The summed E-state index contributed by atoms with van der Waals surface area (Å²) in [5, 5.41) is 10.1. The van der Waals surface area contributed by atoms with E-state index in [1.807, 2.05) is 0 Å². The van der Waals surface area contributed by atoms with Gasteiger partial charge in [0.25, 0.3) is 0 Å². The molecular formula is C67H48N2. The maximum Gasteiger partial charge on any atom is 0.0468 e. The highest BCUT2D eigenvalue weighted by Gasteiger charge is 2.39. The molecule has 0 atom stereocenters. The van der Waals surface area contributed by atoms with E-state index in [9.17, 15) is 0 Å². The number of para-hydroxylation sites is 2. The predicted molar refractivity (Wildman–Crippen MR) is 294 cm³/mol. The lowest BCUT2D eigenvalue weighted by molar-refractivity contribution is 0.666. The van der Waals surface area contributed by atoms with Crippen LogP contribution in [0.5, 0.6) is 0 Å². The van der Waals surface area contributed by atoms with E-state index >= 15 is 0 Å². The Bertz CT molecular complexity index is 3910. The molecule has 2 nitrogen and oxygen atoms in total. The van der Waals surface area contributed by atoms with Crippen molar-refractivity contribution in [3.63, 3.8) is 0 Å². The Morgan fingerprint density at radius 2 is 0.696 bits per heavy atom. The van der Waals surface area contributed by atoms with Crippen LogP contribution in [0.15, 0.2) is 255 Å². The molecule has 0 heterocycles. The molecule has 0 saturated carbocycles. The number of fused-ring (bicyclic) bond motifs is 10. The van der Waals surface area contributed by atoms with Crippen LogP contribution in [0.1, 0.15) is 25.0 Å². The van der Waals surface area contributed by atoms with Crippen molar-refractivity contribution < 1.29 is 0 Å². The number of benzene rings is 12. The number of hydrogen-bond donors (Lipinski definition) is 0. The molecule has 69 heavy (non-hydrogen) atoms. The van der Waals surface area contributed by atoms with Gasteiger partial charge in [0.15, 0.2) is 0 Å². The molecule has 0 aromatic heterocycles. The van der Waals surface area contributed by atoms with Crippen LogP contribution < -0.4 is 9.80 Å². The molecule has 0 radical (unpaired) electrons. The minimum atomic E-state index is -0.287. The summed E-state index contributed by atoms with van der Waals surface area (Å²) in [4.78, 5) is 4.79. The topological polar surface area (TPSA) is 6.48 Å². The lowest BCUT2D eigenvalue weighted by Gasteiger charge is -2.29. The molecule has 326 valence electrons. The maximum atomic E-state index is 2.45. The van der Waals surface area contributed by atoms with Gasteiger partial charge < -0.3 is 9.80 Å². The van der Waals surface area contributed by atoms with E-state index in [-0.39, 0.29) is 5.41 Å². The van der Waals surface area contributed by atoms with Crippen LogP contribution >= 0.6 is 0 Å². The van der Waals surface area contributed by atoms with E-state index in [2.05, 4.69) is 278 Å². The molecule has 2 heteroatoms. The van der Waals surface area contributed by atoms with Gasteiger partial charge in [-0.15, -0.1) is 0 Å². The lowest BCUT2D eigenvalue weighted by Crippen LogP contribution is -2.17. The number of anilines is 6.